The molecule has 2 aromatic carbocycles. The summed E-state index contributed by atoms with van der Waals surface area (Å²) in [7, 11) is 1.36. The van der Waals surface area contributed by atoms with E-state index in [9.17, 15) is 14.0 Å². The van der Waals surface area contributed by atoms with Crippen LogP contribution in [0.15, 0.2) is 54.9 Å². The molecule has 0 unspecified atom stereocenters. The number of anilines is 1. The first-order valence-electron chi connectivity index (χ1n) is 11.1. The third-order valence-corrected chi connectivity index (χ3v) is 6.93. The lowest BCUT2D eigenvalue weighted by atomic mass is 9.77. The second-order valence-corrected chi connectivity index (χ2v) is 8.63. The van der Waals surface area contributed by atoms with Gasteiger partial charge in [0.2, 0.25) is 5.91 Å². The normalized spacial score (nSPS) is 17.6. The van der Waals surface area contributed by atoms with E-state index in [1.807, 2.05) is 35.4 Å². The first-order chi connectivity index (χ1) is 16.0. The summed E-state index contributed by atoms with van der Waals surface area (Å²) in [6.07, 6.45) is 5.55. The maximum Gasteiger partial charge on any atom is 0.257 e. The van der Waals surface area contributed by atoms with Crippen molar-refractivity contribution in [3.05, 3.63) is 66.2 Å². The molecule has 0 atom stereocenters. The molecule has 2 amide bonds. The number of halogens is 1. The number of aromatic amines is 1. The number of methoxy groups -OCH3 is 1. The number of H-pyrrole nitrogens is 1. The van der Waals surface area contributed by atoms with Crippen LogP contribution >= 0.6 is 0 Å². The fourth-order valence-electron chi connectivity index (χ4n) is 4.97. The molecular formula is C25H25FN4O3. The molecule has 5 rings (SSSR count). The molecule has 2 fully saturated rings. The van der Waals surface area contributed by atoms with Gasteiger partial charge in [-0.2, -0.15) is 5.10 Å². The van der Waals surface area contributed by atoms with E-state index in [-0.39, 0.29) is 23.1 Å². The molecule has 8 heteroatoms. The average Bonchev–Trinajstić information content (AvgIpc) is 3.49. The third kappa shape index (κ3) is 3.65. The Balaban J connectivity index is 1.27. The number of aromatic nitrogens is 2. The Morgan fingerprint density at radius 2 is 1.79 bits per heavy atom. The minimum Gasteiger partial charge on any atom is -0.493 e. The van der Waals surface area contributed by atoms with Gasteiger partial charge in [-0.1, -0.05) is 18.2 Å². The second-order valence-electron chi connectivity index (χ2n) is 8.63. The van der Waals surface area contributed by atoms with Gasteiger partial charge in [-0.25, -0.2) is 4.39 Å². The van der Waals surface area contributed by atoms with Crippen LogP contribution in [0, 0.1) is 11.2 Å². The Morgan fingerprint density at radius 1 is 1.06 bits per heavy atom. The van der Waals surface area contributed by atoms with Crippen molar-refractivity contribution >= 4 is 17.5 Å². The van der Waals surface area contributed by atoms with E-state index in [4.69, 9.17) is 4.74 Å². The monoisotopic (exact) mass is 448 g/mol. The minimum absolute atomic E-state index is 0.0372. The van der Waals surface area contributed by atoms with E-state index < -0.39 is 11.2 Å². The summed E-state index contributed by atoms with van der Waals surface area (Å²) >= 11 is 0. The zero-order chi connectivity index (χ0) is 23.0. The van der Waals surface area contributed by atoms with Crippen molar-refractivity contribution in [3.8, 4) is 16.9 Å². The number of para-hydroxylation sites is 1. The highest BCUT2D eigenvalue weighted by Gasteiger charge is 2.49. The third-order valence-electron chi connectivity index (χ3n) is 6.93. The summed E-state index contributed by atoms with van der Waals surface area (Å²) in [5.41, 5.74) is 2.68. The quantitative estimate of drug-likeness (QED) is 0.657. The molecule has 3 heterocycles. The van der Waals surface area contributed by atoms with Crippen LogP contribution in [0.1, 0.15) is 29.6 Å². The summed E-state index contributed by atoms with van der Waals surface area (Å²) < 4.78 is 19.1. The predicted octanol–water partition coefficient (Wildman–Crippen LogP) is 3.88. The van der Waals surface area contributed by atoms with Gasteiger partial charge in [0, 0.05) is 37.1 Å². The number of ether oxygens (including phenoxy) is 1. The van der Waals surface area contributed by atoms with Crippen molar-refractivity contribution in [2.24, 2.45) is 5.41 Å². The zero-order valence-electron chi connectivity index (χ0n) is 18.4. The van der Waals surface area contributed by atoms with Crippen LogP contribution in [-0.2, 0) is 4.79 Å². The molecule has 3 aromatic rings. The Morgan fingerprint density at radius 3 is 2.45 bits per heavy atom. The fourth-order valence-corrected chi connectivity index (χ4v) is 4.97. The van der Waals surface area contributed by atoms with Crippen LogP contribution in [-0.4, -0.2) is 53.7 Å². The van der Waals surface area contributed by atoms with Crippen molar-refractivity contribution < 1.29 is 18.7 Å². The molecule has 0 aliphatic carbocycles. The number of carbonyl (C=O) groups is 2. The van der Waals surface area contributed by atoms with Gasteiger partial charge in [-0.3, -0.25) is 14.7 Å². The predicted molar refractivity (Wildman–Crippen MR) is 122 cm³/mol. The summed E-state index contributed by atoms with van der Waals surface area (Å²) in [6.45, 7) is 1.57. The van der Waals surface area contributed by atoms with Crippen molar-refractivity contribution in [1.29, 1.82) is 0 Å². The van der Waals surface area contributed by atoms with Crippen LogP contribution in [0.3, 0.4) is 0 Å². The first kappa shape index (κ1) is 21.2. The van der Waals surface area contributed by atoms with E-state index in [0.29, 0.717) is 32.5 Å². The number of rotatable bonds is 4. The molecule has 0 saturated carbocycles. The minimum atomic E-state index is -0.558. The molecule has 1 N–H and O–H groups in total. The van der Waals surface area contributed by atoms with Crippen LogP contribution in [0.25, 0.3) is 11.1 Å². The summed E-state index contributed by atoms with van der Waals surface area (Å²) in [4.78, 5) is 30.0. The zero-order valence-corrected chi connectivity index (χ0v) is 18.4. The first-order valence-corrected chi connectivity index (χ1v) is 11.1. The van der Waals surface area contributed by atoms with E-state index in [1.54, 1.807) is 17.2 Å². The van der Waals surface area contributed by atoms with Crippen LogP contribution in [0.5, 0.6) is 5.75 Å². The van der Waals surface area contributed by atoms with E-state index >= 15 is 0 Å². The number of piperidine rings is 1. The number of likely N-dealkylation sites (tertiary alicyclic amines) is 1. The lowest BCUT2D eigenvalue weighted by Gasteiger charge is -2.38. The molecule has 1 spiro atoms. The maximum absolute atomic E-state index is 14.0. The van der Waals surface area contributed by atoms with Crippen molar-refractivity contribution in [2.45, 2.75) is 19.3 Å². The molecule has 33 heavy (non-hydrogen) atoms. The van der Waals surface area contributed by atoms with Gasteiger partial charge in [0.15, 0.2) is 11.6 Å². The van der Waals surface area contributed by atoms with Gasteiger partial charge in [-0.05, 0) is 49.1 Å². The highest BCUT2D eigenvalue weighted by Crippen LogP contribution is 2.43. The SMILES string of the molecule is COc1c(F)cccc1C(=O)N1CCC2(CC1)CCN(c1ccc(-c3cn[nH]c3)cc1)C2=O. The molecule has 2 aliphatic rings. The van der Waals surface area contributed by atoms with Gasteiger partial charge in [0.05, 0.1) is 24.3 Å². The molecule has 1 aromatic heterocycles. The molecule has 170 valence electrons. The topological polar surface area (TPSA) is 78.5 Å². The van der Waals surface area contributed by atoms with Gasteiger partial charge >= 0.3 is 0 Å². The van der Waals surface area contributed by atoms with Gasteiger partial charge in [-0.15, -0.1) is 0 Å². The van der Waals surface area contributed by atoms with E-state index in [2.05, 4.69) is 10.2 Å². The van der Waals surface area contributed by atoms with Gasteiger partial charge in [0.1, 0.15) is 0 Å². The molecule has 0 bridgehead atoms. The molecular weight excluding hydrogens is 423 g/mol. The number of nitrogens with one attached hydrogen (secondary N) is 1. The smallest absolute Gasteiger partial charge is 0.257 e. The molecule has 7 nitrogen and oxygen atoms in total. The second kappa shape index (κ2) is 8.35. The Kier molecular flexibility index (Phi) is 5.36. The highest BCUT2D eigenvalue weighted by molar-refractivity contribution is 6.01. The molecule has 0 radical (unpaired) electrons. The number of benzene rings is 2. The van der Waals surface area contributed by atoms with Crippen LogP contribution in [0.4, 0.5) is 10.1 Å². The van der Waals surface area contributed by atoms with Gasteiger partial charge < -0.3 is 14.5 Å². The largest absolute Gasteiger partial charge is 0.493 e. The molecule has 2 aliphatic heterocycles. The standard InChI is InChI=1S/C25H25FN4O3/c1-33-22-20(3-2-4-21(22)26)23(31)29-12-9-25(10-13-29)11-14-30(24(25)32)19-7-5-17(6-8-19)18-15-27-28-16-18/h2-8,15-16H,9-14H2,1H3,(H,27,28). The summed E-state index contributed by atoms with van der Waals surface area (Å²) in [5, 5.41) is 6.78. The van der Waals surface area contributed by atoms with Crippen LogP contribution < -0.4 is 9.64 Å². The Hall–Kier alpha value is -3.68. The van der Waals surface area contributed by atoms with Crippen molar-refractivity contribution in [3.63, 3.8) is 0 Å². The summed E-state index contributed by atoms with van der Waals surface area (Å²) in [6, 6.07) is 12.3. The Bertz CT molecular complexity index is 1170. The van der Waals surface area contributed by atoms with E-state index in [1.165, 1.54) is 19.2 Å². The maximum atomic E-state index is 14.0. The van der Waals surface area contributed by atoms with Gasteiger partial charge in [0.25, 0.3) is 5.91 Å². The fraction of sp³-hybridized carbons (Fsp3) is 0.320. The number of nitrogens with zero attached hydrogens (tertiary/aromatic N) is 3. The van der Waals surface area contributed by atoms with Crippen molar-refractivity contribution in [2.75, 3.05) is 31.6 Å². The number of amides is 2. The number of hydrogen-bond acceptors (Lipinski definition) is 4. The number of carbonyl (C=O) groups excluding carboxylic acids is 2. The lowest BCUT2D eigenvalue weighted by molar-refractivity contribution is -0.127. The van der Waals surface area contributed by atoms with Crippen molar-refractivity contribution in [1.82, 2.24) is 15.1 Å². The average molecular weight is 448 g/mol. The molecule has 2 saturated heterocycles. The highest BCUT2D eigenvalue weighted by atomic mass is 19.1. The van der Waals surface area contributed by atoms with Crippen LogP contribution in [0.2, 0.25) is 0 Å². The summed E-state index contributed by atoms with van der Waals surface area (Å²) in [5.74, 6) is -0.741. The van der Waals surface area contributed by atoms with E-state index in [0.717, 1.165) is 23.2 Å². The number of hydrogen-bond donors (Lipinski definition) is 1. The Labute approximate surface area is 191 Å². The lowest BCUT2D eigenvalue weighted by Crippen LogP contribution is -2.46.